The summed E-state index contributed by atoms with van der Waals surface area (Å²) in [5.41, 5.74) is 6.36. The number of aryl methyl sites for hydroxylation is 2. The Morgan fingerprint density at radius 3 is 2.69 bits per heavy atom. The molecule has 2 aromatic heterocycles. The van der Waals surface area contributed by atoms with E-state index in [0.717, 1.165) is 56.7 Å². The van der Waals surface area contributed by atoms with Crippen LogP contribution in [-0.2, 0) is 11.2 Å². The average Bonchev–Trinajstić information content (AvgIpc) is 3.32. The largest absolute Gasteiger partial charge is 0.496 e. The summed E-state index contributed by atoms with van der Waals surface area (Å²) in [6, 6.07) is 15.4. The number of amides is 1. The van der Waals surface area contributed by atoms with Gasteiger partial charge in [-0.15, -0.1) is 0 Å². The minimum Gasteiger partial charge on any atom is -0.496 e. The van der Waals surface area contributed by atoms with Crippen molar-refractivity contribution >= 4 is 11.6 Å². The first-order valence-electron chi connectivity index (χ1n) is 12.1. The number of fused-ring (bicyclic) bond motifs is 2. The summed E-state index contributed by atoms with van der Waals surface area (Å²) < 4.78 is 18.6. The number of hydrogen-bond donors (Lipinski definition) is 1. The van der Waals surface area contributed by atoms with Crippen molar-refractivity contribution < 1.29 is 19.0 Å². The van der Waals surface area contributed by atoms with Crippen molar-refractivity contribution in [1.82, 2.24) is 19.9 Å². The van der Waals surface area contributed by atoms with Gasteiger partial charge in [-0.05, 0) is 62.6 Å². The zero-order valence-corrected chi connectivity index (χ0v) is 21.0. The van der Waals surface area contributed by atoms with Gasteiger partial charge in [0.1, 0.15) is 19.0 Å². The number of hydrogen-bond acceptors (Lipinski definition) is 6. The standard InChI is InChI=1S/C28H30N4O4/c1-17(20-9-11-25-26(15-20)36-14-13-35-25)30-28(33)12-10-21-18(2)29-27-16-23(31-32(27)19(21)3)22-7-5-6-8-24(22)34-4/h5-9,11,15-17H,10,12-14H2,1-4H3,(H,30,33)/t17-/m0/s1. The van der Waals surface area contributed by atoms with Crippen LogP contribution in [0.5, 0.6) is 17.2 Å². The SMILES string of the molecule is COc1ccccc1-c1cc2nc(C)c(CCC(=O)N[C@@H](C)c3ccc4c(c3)OCCO4)c(C)n2n1. The van der Waals surface area contributed by atoms with E-state index < -0.39 is 0 Å². The van der Waals surface area contributed by atoms with Gasteiger partial charge < -0.3 is 19.5 Å². The molecule has 2 aromatic carbocycles. The maximum Gasteiger partial charge on any atom is 0.220 e. The fraction of sp³-hybridized carbons (Fsp3) is 0.321. The summed E-state index contributed by atoms with van der Waals surface area (Å²) in [6.07, 6.45) is 0.925. The van der Waals surface area contributed by atoms with E-state index in [2.05, 4.69) is 5.32 Å². The Kier molecular flexibility index (Phi) is 6.50. The van der Waals surface area contributed by atoms with Gasteiger partial charge in [0.05, 0.1) is 18.8 Å². The first-order valence-corrected chi connectivity index (χ1v) is 12.1. The molecule has 1 aliphatic rings. The zero-order valence-electron chi connectivity index (χ0n) is 21.0. The lowest BCUT2D eigenvalue weighted by Crippen LogP contribution is -2.27. The maximum absolute atomic E-state index is 12.8. The van der Waals surface area contributed by atoms with Crippen molar-refractivity contribution in [2.75, 3.05) is 20.3 Å². The van der Waals surface area contributed by atoms with Crippen LogP contribution < -0.4 is 19.5 Å². The molecular formula is C28H30N4O4. The number of ether oxygens (including phenoxy) is 3. The van der Waals surface area contributed by atoms with E-state index in [-0.39, 0.29) is 11.9 Å². The van der Waals surface area contributed by atoms with Crippen molar-refractivity contribution in [2.24, 2.45) is 0 Å². The molecule has 1 N–H and O–H groups in total. The molecule has 0 fully saturated rings. The summed E-state index contributed by atoms with van der Waals surface area (Å²) in [6.45, 7) is 7.05. The summed E-state index contributed by atoms with van der Waals surface area (Å²) in [4.78, 5) is 17.6. The lowest BCUT2D eigenvalue weighted by molar-refractivity contribution is -0.121. The molecular weight excluding hydrogens is 456 g/mol. The van der Waals surface area contributed by atoms with E-state index in [1.54, 1.807) is 7.11 Å². The fourth-order valence-corrected chi connectivity index (χ4v) is 4.64. The maximum atomic E-state index is 12.8. The van der Waals surface area contributed by atoms with E-state index in [1.807, 2.05) is 73.8 Å². The number of rotatable bonds is 7. The molecule has 36 heavy (non-hydrogen) atoms. The molecule has 0 radical (unpaired) electrons. The normalized spacial score (nSPS) is 13.4. The molecule has 3 heterocycles. The Morgan fingerprint density at radius 2 is 1.89 bits per heavy atom. The van der Waals surface area contributed by atoms with Crippen molar-refractivity contribution in [3.8, 4) is 28.5 Å². The lowest BCUT2D eigenvalue weighted by Gasteiger charge is -2.21. The van der Waals surface area contributed by atoms with E-state index >= 15 is 0 Å². The van der Waals surface area contributed by atoms with Crippen molar-refractivity contribution in [3.63, 3.8) is 0 Å². The number of nitrogens with zero attached hydrogens (tertiary/aromatic N) is 3. The van der Waals surface area contributed by atoms with Crippen LogP contribution in [0.1, 0.15) is 41.9 Å². The molecule has 8 nitrogen and oxygen atoms in total. The van der Waals surface area contributed by atoms with Crippen LogP contribution in [0, 0.1) is 13.8 Å². The van der Waals surface area contributed by atoms with Gasteiger partial charge in [-0.2, -0.15) is 5.10 Å². The van der Waals surface area contributed by atoms with Gasteiger partial charge in [0.25, 0.3) is 0 Å². The lowest BCUT2D eigenvalue weighted by atomic mass is 10.0. The van der Waals surface area contributed by atoms with E-state index in [9.17, 15) is 4.79 Å². The highest BCUT2D eigenvalue weighted by molar-refractivity contribution is 5.77. The topological polar surface area (TPSA) is 87.0 Å². The molecule has 1 aliphatic heterocycles. The number of nitrogens with one attached hydrogen (secondary N) is 1. The highest BCUT2D eigenvalue weighted by Gasteiger charge is 2.18. The van der Waals surface area contributed by atoms with Gasteiger partial charge in [-0.25, -0.2) is 9.50 Å². The number of carbonyl (C=O) groups excluding carboxylic acids is 1. The number of para-hydroxylation sites is 1. The molecule has 186 valence electrons. The molecule has 1 amide bonds. The second-order valence-electron chi connectivity index (χ2n) is 8.95. The van der Waals surface area contributed by atoms with Crippen LogP contribution in [0.4, 0.5) is 0 Å². The predicted molar refractivity (Wildman–Crippen MR) is 137 cm³/mol. The summed E-state index contributed by atoms with van der Waals surface area (Å²) in [7, 11) is 1.65. The molecule has 0 aliphatic carbocycles. The van der Waals surface area contributed by atoms with Gasteiger partial charge >= 0.3 is 0 Å². The summed E-state index contributed by atoms with van der Waals surface area (Å²) >= 11 is 0. The quantitative estimate of drug-likeness (QED) is 0.411. The van der Waals surface area contributed by atoms with Gasteiger partial charge in [0.15, 0.2) is 17.1 Å². The number of methoxy groups -OCH3 is 1. The van der Waals surface area contributed by atoms with Crippen molar-refractivity contribution in [3.05, 3.63) is 71.0 Å². The highest BCUT2D eigenvalue weighted by Crippen LogP contribution is 2.33. The van der Waals surface area contributed by atoms with Gasteiger partial charge in [0, 0.05) is 29.4 Å². The van der Waals surface area contributed by atoms with Crippen molar-refractivity contribution in [2.45, 2.75) is 39.7 Å². The third-order valence-electron chi connectivity index (χ3n) is 6.59. The predicted octanol–water partition coefficient (Wildman–Crippen LogP) is 4.60. The minimum absolute atomic E-state index is 0.0218. The second-order valence-corrected chi connectivity index (χ2v) is 8.95. The van der Waals surface area contributed by atoms with E-state index in [0.29, 0.717) is 26.1 Å². The number of aromatic nitrogens is 3. The monoisotopic (exact) mass is 486 g/mol. The van der Waals surface area contributed by atoms with Crippen LogP contribution in [-0.4, -0.2) is 40.8 Å². The van der Waals surface area contributed by atoms with Gasteiger partial charge in [-0.1, -0.05) is 18.2 Å². The van der Waals surface area contributed by atoms with Crippen LogP contribution in [0.25, 0.3) is 16.9 Å². The number of benzene rings is 2. The summed E-state index contributed by atoms with van der Waals surface area (Å²) in [5.74, 6) is 2.20. The zero-order chi connectivity index (χ0) is 25.2. The molecule has 1 atom stereocenters. The smallest absolute Gasteiger partial charge is 0.220 e. The van der Waals surface area contributed by atoms with Crippen LogP contribution in [0.2, 0.25) is 0 Å². The van der Waals surface area contributed by atoms with Crippen molar-refractivity contribution in [1.29, 1.82) is 0 Å². The van der Waals surface area contributed by atoms with Gasteiger partial charge in [0.2, 0.25) is 5.91 Å². The third kappa shape index (κ3) is 4.58. The van der Waals surface area contributed by atoms with Crippen LogP contribution >= 0.6 is 0 Å². The first-order chi connectivity index (χ1) is 17.4. The first kappa shape index (κ1) is 23.7. The molecule has 4 aromatic rings. The Bertz CT molecular complexity index is 1430. The molecule has 0 saturated carbocycles. The van der Waals surface area contributed by atoms with Crippen LogP contribution in [0.3, 0.4) is 0 Å². The minimum atomic E-state index is -0.148. The number of carbonyl (C=O) groups is 1. The Morgan fingerprint density at radius 1 is 1.11 bits per heavy atom. The Labute approximate surface area is 210 Å². The van der Waals surface area contributed by atoms with Crippen LogP contribution in [0.15, 0.2) is 48.5 Å². The molecule has 0 spiro atoms. The Balaban J connectivity index is 1.30. The van der Waals surface area contributed by atoms with E-state index in [4.69, 9.17) is 24.3 Å². The molecule has 0 bridgehead atoms. The summed E-state index contributed by atoms with van der Waals surface area (Å²) in [5, 5.41) is 7.89. The third-order valence-corrected chi connectivity index (χ3v) is 6.59. The molecule has 8 heteroatoms. The molecule has 0 saturated heterocycles. The fourth-order valence-electron chi connectivity index (χ4n) is 4.64. The Hall–Kier alpha value is -4.07. The molecule has 5 rings (SSSR count). The van der Waals surface area contributed by atoms with E-state index in [1.165, 1.54) is 0 Å². The molecule has 0 unspecified atom stereocenters. The second kappa shape index (κ2) is 9.89. The average molecular weight is 487 g/mol. The van der Waals surface area contributed by atoms with Gasteiger partial charge in [-0.3, -0.25) is 4.79 Å². The highest BCUT2D eigenvalue weighted by atomic mass is 16.6.